The molecule has 0 spiro atoms. The van der Waals surface area contributed by atoms with Crippen molar-refractivity contribution in [3.8, 4) is 0 Å². The fraction of sp³-hybridized carbons (Fsp3) is 0.400. The number of benzene rings is 1. The molecule has 1 saturated heterocycles. The maximum atomic E-state index is 12.3. The van der Waals surface area contributed by atoms with Crippen molar-refractivity contribution < 1.29 is 19.1 Å². The largest absolute Gasteiger partial charge is 0.462 e. The first-order valence-electron chi connectivity index (χ1n) is 9.16. The van der Waals surface area contributed by atoms with Crippen molar-refractivity contribution in [3.05, 3.63) is 39.0 Å². The minimum absolute atomic E-state index is 0. The summed E-state index contributed by atoms with van der Waals surface area (Å²) in [5.41, 5.74) is 3.22. The highest BCUT2D eigenvalue weighted by atomic mass is 35.5. The lowest BCUT2D eigenvalue weighted by atomic mass is 10.0. The van der Waals surface area contributed by atoms with Crippen LogP contribution in [0.2, 0.25) is 4.34 Å². The summed E-state index contributed by atoms with van der Waals surface area (Å²) >= 11 is 7.67. The quantitative estimate of drug-likeness (QED) is 0.600. The minimum atomic E-state index is -0.354. The van der Waals surface area contributed by atoms with Crippen LogP contribution in [0.15, 0.2) is 24.3 Å². The Morgan fingerprint density at radius 1 is 1.34 bits per heavy atom. The third-order valence-electron chi connectivity index (χ3n) is 4.37. The molecule has 0 aliphatic carbocycles. The Balaban J connectivity index is 0.00000300. The number of ether oxygens (including phenoxy) is 2. The second-order valence-corrected chi connectivity index (χ2v) is 8.26. The fourth-order valence-corrected chi connectivity index (χ4v) is 4.50. The summed E-state index contributed by atoms with van der Waals surface area (Å²) in [5, 5.41) is 3.32. The monoisotopic (exact) mass is 458 g/mol. The molecule has 1 fully saturated rings. The van der Waals surface area contributed by atoms with Crippen LogP contribution in [0.4, 0.5) is 17.1 Å². The first-order chi connectivity index (χ1) is 13.4. The topological polar surface area (TPSA) is 67.9 Å². The zero-order valence-electron chi connectivity index (χ0n) is 16.5. The maximum Gasteiger partial charge on any atom is 0.348 e. The number of hydrogen-bond donors (Lipinski definition) is 1. The lowest BCUT2D eigenvalue weighted by Crippen LogP contribution is -2.41. The number of amides is 1. The van der Waals surface area contributed by atoms with E-state index in [2.05, 4.69) is 5.32 Å². The van der Waals surface area contributed by atoms with Gasteiger partial charge in [0.2, 0.25) is 0 Å². The Morgan fingerprint density at radius 3 is 2.62 bits per heavy atom. The predicted molar refractivity (Wildman–Crippen MR) is 120 cm³/mol. The molecule has 9 heteroatoms. The number of carbonyl (C=O) groups is 2. The summed E-state index contributed by atoms with van der Waals surface area (Å²) < 4.78 is 10.8. The van der Waals surface area contributed by atoms with Crippen LogP contribution in [-0.2, 0) is 14.3 Å². The van der Waals surface area contributed by atoms with Gasteiger partial charge in [-0.25, -0.2) is 4.79 Å². The highest BCUT2D eigenvalue weighted by Gasteiger charge is 2.25. The first kappa shape index (κ1) is 23.5. The van der Waals surface area contributed by atoms with E-state index in [1.807, 2.05) is 38.1 Å². The van der Waals surface area contributed by atoms with Crippen LogP contribution in [0.25, 0.3) is 0 Å². The molecule has 158 valence electrons. The Bertz CT molecular complexity index is 868. The summed E-state index contributed by atoms with van der Waals surface area (Å²) in [5.74, 6) is -0.308. The van der Waals surface area contributed by atoms with Gasteiger partial charge in [0, 0.05) is 23.5 Å². The number of nitrogens with one attached hydrogen (secondary N) is 1. The molecule has 1 N–H and O–H groups in total. The van der Waals surface area contributed by atoms with Crippen LogP contribution in [-0.4, -0.2) is 38.2 Å². The average Bonchev–Trinajstić information content (AvgIpc) is 3.00. The number of carbonyl (C=O) groups excluding carboxylic acids is 2. The number of anilines is 3. The first-order valence-corrected chi connectivity index (χ1v) is 10.4. The summed E-state index contributed by atoms with van der Waals surface area (Å²) in [6, 6.07) is 7.54. The molecule has 2 aromatic rings. The summed E-state index contributed by atoms with van der Waals surface area (Å²) in [4.78, 5) is 26.5. The molecule has 29 heavy (non-hydrogen) atoms. The highest BCUT2D eigenvalue weighted by Crippen LogP contribution is 2.43. The summed E-state index contributed by atoms with van der Waals surface area (Å²) in [7, 11) is 0. The van der Waals surface area contributed by atoms with Gasteiger partial charge >= 0.3 is 5.97 Å². The molecule has 1 aromatic heterocycles. The van der Waals surface area contributed by atoms with Crippen molar-refractivity contribution in [2.75, 3.05) is 36.6 Å². The molecule has 6 nitrogen and oxygen atoms in total. The Hall–Kier alpha value is -1.80. The van der Waals surface area contributed by atoms with E-state index in [1.54, 1.807) is 11.8 Å². The van der Waals surface area contributed by atoms with Gasteiger partial charge in [-0.3, -0.25) is 4.79 Å². The third kappa shape index (κ3) is 5.22. The average molecular weight is 459 g/mol. The van der Waals surface area contributed by atoms with Crippen LogP contribution in [0.5, 0.6) is 0 Å². The molecule has 1 aliphatic rings. The van der Waals surface area contributed by atoms with Gasteiger partial charge in [-0.1, -0.05) is 25.4 Å². The zero-order valence-corrected chi connectivity index (χ0v) is 18.9. The van der Waals surface area contributed by atoms with Gasteiger partial charge < -0.3 is 19.7 Å². The number of halogens is 2. The summed E-state index contributed by atoms with van der Waals surface area (Å²) in [6.07, 6.45) is 0. The zero-order chi connectivity index (χ0) is 20.3. The number of hydrogen-bond acceptors (Lipinski definition) is 6. The smallest absolute Gasteiger partial charge is 0.348 e. The normalized spacial score (nSPS) is 14.0. The maximum absolute atomic E-state index is 12.3. The van der Waals surface area contributed by atoms with Gasteiger partial charge in [0.15, 0.2) is 0 Å². The van der Waals surface area contributed by atoms with Crippen LogP contribution < -0.4 is 10.2 Å². The summed E-state index contributed by atoms with van der Waals surface area (Å²) in [6.45, 7) is 7.31. The highest BCUT2D eigenvalue weighted by molar-refractivity contribution is 7.18. The lowest BCUT2D eigenvalue weighted by Gasteiger charge is -2.27. The van der Waals surface area contributed by atoms with Gasteiger partial charge in [-0.2, -0.15) is 0 Å². The number of thiophene rings is 1. The van der Waals surface area contributed by atoms with E-state index in [0.717, 1.165) is 22.6 Å². The second-order valence-electron chi connectivity index (χ2n) is 6.64. The fourth-order valence-electron chi connectivity index (χ4n) is 3.09. The van der Waals surface area contributed by atoms with E-state index in [4.69, 9.17) is 21.1 Å². The SMILES string of the molecule is CCOC(=O)c1sc(Cl)c(Nc2ccc(N3CCOCC3=O)cc2)c1C(C)C.Cl. The van der Waals surface area contributed by atoms with Crippen molar-refractivity contribution in [3.63, 3.8) is 0 Å². The molecule has 0 bridgehead atoms. The van der Waals surface area contributed by atoms with Gasteiger partial charge in [-0.05, 0) is 37.1 Å². The Labute approximate surface area is 185 Å². The van der Waals surface area contributed by atoms with Crippen molar-refractivity contribution >= 4 is 64.3 Å². The van der Waals surface area contributed by atoms with Gasteiger partial charge in [0.05, 0.1) is 18.9 Å². The van der Waals surface area contributed by atoms with E-state index < -0.39 is 0 Å². The van der Waals surface area contributed by atoms with Crippen molar-refractivity contribution in [1.82, 2.24) is 0 Å². The molecule has 0 radical (unpaired) electrons. The predicted octanol–water partition coefficient (Wildman–Crippen LogP) is 5.23. The van der Waals surface area contributed by atoms with Crippen LogP contribution in [0.3, 0.4) is 0 Å². The van der Waals surface area contributed by atoms with Crippen molar-refractivity contribution in [2.45, 2.75) is 26.7 Å². The second kappa shape index (κ2) is 10.3. The Morgan fingerprint density at radius 2 is 2.03 bits per heavy atom. The molecule has 1 amide bonds. The van der Waals surface area contributed by atoms with Crippen LogP contribution in [0, 0.1) is 0 Å². The number of esters is 1. The molecular weight excluding hydrogens is 435 g/mol. The molecule has 2 heterocycles. The number of rotatable bonds is 6. The molecule has 0 saturated carbocycles. The van der Waals surface area contributed by atoms with E-state index in [9.17, 15) is 9.59 Å². The van der Waals surface area contributed by atoms with Gasteiger partial charge in [0.25, 0.3) is 5.91 Å². The molecule has 1 aromatic carbocycles. The van der Waals surface area contributed by atoms with Crippen molar-refractivity contribution in [2.24, 2.45) is 0 Å². The molecule has 0 unspecified atom stereocenters. The van der Waals surface area contributed by atoms with Gasteiger partial charge in [-0.15, -0.1) is 23.7 Å². The van der Waals surface area contributed by atoms with E-state index in [0.29, 0.717) is 29.0 Å². The van der Waals surface area contributed by atoms with Crippen LogP contribution in [0.1, 0.15) is 41.9 Å². The Kier molecular flexibility index (Phi) is 8.34. The van der Waals surface area contributed by atoms with Crippen molar-refractivity contribution in [1.29, 1.82) is 0 Å². The standard InChI is InChI=1S/C20H23ClN2O4S.ClH/c1-4-27-20(25)18-16(12(2)3)17(19(21)28-18)22-13-5-7-14(8-6-13)23-9-10-26-11-15(23)24;/h5-8,12,22H,4,9-11H2,1-3H3;1H. The molecule has 3 rings (SSSR count). The lowest BCUT2D eigenvalue weighted by molar-refractivity contribution is -0.125. The van der Waals surface area contributed by atoms with Gasteiger partial charge in [0.1, 0.15) is 15.8 Å². The van der Waals surface area contributed by atoms with Crippen LogP contribution >= 0.6 is 35.3 Å². The van der Waals surface area contributed by atoms with E-state index >= 15 is 0 Å². The molecule has 1 aliphatic heterocycles. The molecular formula is C20H24Cl2N2O4S. The van der Waals surface area contributed by atoms with E-state index in [1.165, 1.54) is 11.3 Å². The molecule has 0 atom stereocenters. The number of nitrogens with zero attached hydrogens (tertiary/aromatic N) is 1. The third-order valence-corrected chi connectivity index (χ3v) is 5.77. The van der Waals surface area contributed by atoms with E-state index in [-0.39, 0.29) is 36.8 Å². The number of morpholine rings is 1. The minimum Gasteiger partial charge on any atom is -0.462 e.